The average molecular weight is 426 g/mol. The minimum atomic E-state index is 0.256. The second-order valence-corrected chi connectivity index (χ2v) is 8.46. The van der Waals surface area contributed by atoms with E-state index in [0.717, 1.165) is 33.2 Å². The van der Waals surface area contributed by atoms with Crippen molar-refractivity contribution in [1.82, 2.24) is 4.98 Å². The molecule has 0 aliphatic carbocycles. The zero-order valence-electron chi connectivity index (χ0n) is 18.4. The van der Waals surface area contributed by atoms with Crippen LogP contribution in [0.2, 0.25) is 0 Å². The molecule has 0 amide bonds. The molecule has 2 heterocycles. The van der Waals surface area contributed by atoms with Gasteiger partial charge >= 0.3 is 0 Å². The fourth-order valence-electron chi connectivity index (χ4n) is 4.60. The molecule has 1 unspecified atom stereocenters. The van der Waals surface area contributed by atoms with Gasteiger partial charge in [0.15, 0.2) is 0 Å². The summed E-state index contributed by atoms with van der Waals surface area (Å²) in [6, 6.07) is 38.1. The third-order valence-corrected chi connectivity index (χ3v) is 6.48. The molecule has 0 radical (unpaired) electrons. The number of para-hydroxylation sites is 2. The van der Waals surface area contributed by atoms with Gasteiger partial charge in [0.2, 0.25) is 0 Å². The first-order valence-electron chi connectivity index (χ1n) is 11.3. The largest absolute Gasteiger partial charge is 0.455 e. The molecule has 0 fully saturated rings. The number of nitrogens with zero attached hydrogens (tertiary/aromatic N) is 1. The van der Waals surface area contributed by atoms with E-state index in [1.165, 1.54) is 22.3 Å². The van der Waals surface area contributed by atoms with Crippen LogP contribution >= 0.6 is 0 Å². The molecule has 6 aromatic rings. The Morgan fingerprint density at radius 3 is 2.21 bits per heavy atom. The van der Waals surface area contributed by atoms with Gasteiger partial charge in [-0.15, -0.1) is 0 Å². The molecule has 2 aromatic heterocycles. The lowest BCUT2D eigenvalue weighted by molar-refractivity contribution is 0.670. The number of fused-ring (bicyclic) bond motifs is 3. The topological polar surface area (TPSA) is 26.0 Å². The summed E-state index contributed by atoms with van der Waals surface area (Å²) in [5.74, 6) is 0.256. The Balaban J connectivity index is 1.37. The van der Waals surface area contributed by atoms with Gasteiger partial charge in [0.1, 0.15) is 11.2 Å². The standard InChI is InChI=1S/C31H23NO/c1-21(22-14-16-24(17-15-22)23-8-3-2-4-9-23)25-18-19-32-29(20-25)28-12-7-11-27-26-10-5-6-13-30(26)33-31(27)28/h2-21H,1H3. The normalized spacial score (nSPS) is 12.3. The van der Waals surface area contributed by atoms with Crippen LogP contribution in [-0.2, 0) is 0 Å². The van der Waals surface area contributed by atoms with Crippen molar-refractivity contribution in [2.24, 2.45) is 0 Å². The van der Waals surface area contributed by atoms with Gasteiger partial charge in [-0.3, -0.25) is 4.98 Å². The molecule has 0 N–H and O–H groups in total. The number of rotatable bonds is 4. The summed E-state index contributed by atoms with van der Waals surface area (Å²) in [4.78, 5) is 4.70. The Labute approximate surface area is 193 Å². The number of hydrogen-bond donors (Lipinski definition) is 0. The van der Waals surface area contributed by atoms with Crippen molar-refractivity contribution in [2.45, 2.75) is 12.8 Å². The van der Waals surface area contributed by atoms with E-state index >= 15 is 0 Å². The molecule has 0 saturated carbocycles. The smallest absolute Gasteiger partial charge is 0.144 e. The summed E-state index contributed by atoms with van der Waals surface area (Å²) in [6.07, 6.45) is 1.90. The summed E-state index contributed by atoms with van der Waals surface area (Å²) in [7, 11) is 0. The highest BCUT2D eigenvalue weighted by Gasteiger charge is 2.15. The van der Waals surface area contributed by atoms with E-state index in [-0.39, 0.29) is 5.92 Å². The first-order valence-corrected chi connectivity index (χ1v) is 11.3. The number of hydrogen-bond acceptors (Lipinski definition) is 2. The number of benzene rings is 4. The van der Waals surface area contributed by atoms with Crippen LogP contribution in [-0.4, -0.2) is 4.98 Å². The van der Waals surface area contributed by atoms with Crippen LogP contribution < -0.4 is 0 Å². The van der Waals surface area contributed by atoms with Gasteiger partial charge in [0.25, 0.3) is 0 Å². The maximum atomic E-state index is 6.24. The predicted molar refractivity (Wildman–Crippen MR) is 136 cm³/mol. The molecule has 4 aromatic carbocycles. The summed E-state index contributed by atoms with van der Waals surface area (Å²) in [5.41, 5.74) is 8.75. The van der Waals surface area contributed by atoms with Gasteiger partial charge in [-0.1, -0.05) is 91.9 Å². The lowest BCUT2D eigenvalue weighted by Crippen LogP contribution is -1.97. The molecule has 2 heteroatoms. The van der Waals surface area contributed by atoms with E-state index in [4.69, 9.17) is 9.40 Å². The summed E-state index contributed by atoms with van der Waals surface area (Å²) >= 11 is 0. The molecule has 0 aliphatic rings. The molecule has 0 saturated heterocycles. The predicted octanol–water partition coefficient (Wildman–Crippen LogP) is 8.47. The molecule has 158 valence electrons. The summed E-state index contributed by atoms with van der Waals surface area (Å²) in [6.45, 7) is 2.25. The lowest BCUT2D eigenvalue weighted by atomic mass is 9.91. The van der Waals surface area contributed by atoms with Gasteiger partial charge in [-0.2, -0.15) is 0 Å². The maximum absolute atomic E-state index is 6.24. The molecule has 0 aliphatic heterocycles. The minimum absolute atomic E-state index is 0.256. The molecule has 0 spiro atoms. The van der Waals surface area contributed by atoms with Crippen molar-refractivity contribution < 1.29 is 4.42 Å². The van der Waals surface area contributed by atoms with Crippen LogP contribution in [0, 0.1) is 0 Å². The van der Waals surface area contributed by atoms with E-state index in [2.05, 4.69) is 91.9 Å². The van der Waals surface area contributed by atoms with E-state index in [1.807, 2.05) is 30.5 Å². The molecule has 0 bridgehead atoms. The van der Waals surface area contributed by atoms with Crippen LogP contribution in [0.4, 0.5) is 0 Å². The van der Waals surface area contributed by atoms with Gasteiger partial charge in [-0.05, 0) is 46.5 Å². The van der Waals surface area contributed by atoms with Crippen molar-refractivity contribution in [3.63, 3.8) is 0 Å². The molecule has 1 atom stereocenters. The number of furan rings is 1. The Hall–Kier alpha value is -4.17. The van der Waals surface area contributed by atoms with E-state index in [1.54, 1.807) is 0 Å². The quantitative estimate of drug-likeness (QED) is 0.283. The SMILES string of the molecule is CC(c1ccc(-c2ccccc2)cc1)c1ccnc(-c2cccc3c2oc2ccccc23)c1. The van der Waals surface area contributed by atoms with Crippen LogP contribution in [0.3, 0.4) is 0 Å². The monoisotopic (exact) mass is 425 g/mol. The summed E-state index contributed by atoms with van der Waals surface area (Å²) in [5, 5.41) is 2.26. The van der Waals surface area contributed by atoms with E-state index in [9.17, 15) is 0 Å². The highest BCUT2D eigenvalue weighted by molar-refractivity contribution is 6.09. The van der Waals surface area contributed by atoms with E-state index in [0.29, 0.717) is 0 Å². The second-order valence-electron chi connectivity index (χ2n) is 8.46. The third-order valence-electron chi connectivity index (χ3n) is 6.48. The molecule has 2 nitrogen and oxygen atoms in total. The van der Waals surface area contributed by atoms with Crippen molar-refractivity contribution in [1.29, 1.82) is 0 Å². The van der Waals surface area contributed by atoms with Crippen LogP contribution in [0.15, 0.2) is 120 Å². The number of pyridine rings is 1. The van der Waals surface area contributed by atoms with Gasteiger partial charge in [-0.25, -0.2) is 0 Å². The number of aromatic nitrogens is 1. The van der Waals surface area contributed by atoms with Gasteiger partial charge in [0.05, 0.1) is 5.69 Å². The van der Waals surface area contributed by atoms with Crippen molar-refractivity contribution in [2.75, 3.05) is 0 Å². The zero-order valence-corrected chi connectivity index (χ0v) is 18.4. The van der Waals surface area contributed by atoms with Crippen molar-refractivity contribution in [3.05, 3.63) is 127 Å². The fraction of sp³-hybridized carbons (Fsp3) is 0.0645. The molecular formula is C31H23NO. The minimum Gasteiger partial charge on any atom is -0.455 e. The lowest BCUT2D eigenvalue weighted by Gasteiger charge is -2.14. The highest BCUT2D eigenvalue weighted by atomic mass is 16.3. The van der Waals surface area contributed by atoms with Crippen LogP contribution in [0.1, 0.15) is 24.0 Å². The van der Waals surface area contributed by atoms with E-state index < -0.39 is 0 Å². The Bertz CT molecular complexity index is 1560. The maximum Gasteiger partial charge on any atom is 0.144 e. The first-order chi connectivity index (χ1) is 16.3. The van der Waals surface area contributed by atoms with Crippen molar-refractivity contribution in [3.8, 4) is 22.4 Å². The Morgan fingerprint density at radius 1 is 0.636 bits per heavy atom. The average Bonchev–Trinajstić information content (AvgIpc) is 3.28. The van der Waals surface area contributed by atoms with Crippen molar-refractivity contribution >= 4 is 21.9 Å². The van der Waals surface area contributed by atoms with Crippen LogP contribution in [0.25, 0.3) is 44.3 Å². The zero-order chi connectivity index (χ0) is 22.2. The fourth-order valence-corrected chi connectivity index (χ4v) is 4.60. The molecular weight excluding hydrogens is 402 g/mol. The van der Waals surface area contributed by atoms with Crippen LogP contribution in [0.5, 0.6) is 0 Å². The Kier molecular flexibility index (Phi) is 4.77. The summed E-state index contributed by atoms with van der Waals surface area (Å²) < 4.78 is 6.24. The molecule has 6 rings (SSSR count). The third kappa shape index (κ3) is 3.50. The molecule has 33 heavy (non-hydrogen) atoms. The highest BCUT2D eigenvalue weighted by Crippen LogP contribution is 2.36. The van der Waals surface area contributed by atoms with Gasteiger partial charge in [0, 0.05) is 28.5 Å². The second kappa shape index (κ2) is 8.07. The first kappa shape index (κ1) is 19.5. The Morgan fingerprint density at radius 2 is 1.36 bits per heavy atom. The van der Waals surface area contributed by atoms with Gasteiger partial charge < -0.3 is 4.42 Å².